The van der Waals surface area contributed by atoms with Crippen LogP contribution < -0.4 is 4.74 Å². The molecule has 2 heterocycles. The molecule has 6 heteroatoms. The maximum atomic E-state index is 12.8. The first kappa shape index (κ1) is 18.4. The van der Waals surface area contributed by atoms with Crippen molar-refractivity contribution in [3.8, 4) is 16.3 Å². The third kappa shape index (κ3) is 3.87. The van der Waals surface area contributed by atoms with Gasteiger partial charge >= 0.3 is 0 Å². The summed E-state index contributed by atoms with van der Waals surface area (Å²) in [5, 5.41) is 13.7. The summed E-state index contributed by atoms with van der Waals surface area (Å²) >= 11 is 1.55. The van der Waals surface area contributed by atoms with E-state index in [1.165, 1.54) is 0 Å². The van der Waals surface area contributed by atoms with E-state index in [-0.39, 0.29) is 11.8 Å². The molecule has 144 valence electrons. The number of nitrogens with zero attached hydrogens (tertiary/aromatic N) is 2. The third-order valence-electron chi connectivity index (χ3n) is 5.98. The van der Waals surface area contributed by atoms with Crippen LogP contribution in [0.4, 0.5) is 0 Å². The zero-order valence-electron chi connectivity index (χ0n) is 15.7. The number of methoxy groups -OCH3 is 1. The van der Waals surface area contributed by atoms with Crippen LogP contribution in [0.3, 0.4) is 0 Å². The SMILES string of the molecule is COc1cccc(-c2nc(CC(=O)N3CC[C@@]4(O)CCCC[C@@H]4C3)cs2)c1. The number of amides is 1. The molecule has 4 rings (SSSR count). The Morgan fingerprint density at radius 3 is 3.15 bits per heavy atom. The lowest BCUT2D eigenvalue weighted by molar-refractivity contribution is -0.142. The van der Waals surface area contributed by atoms with Crippen molar-refractivity contribution in [3.05, 3.63) is 35.3 Å². The average Bonchev–Trinajstić information content (AvgIpc) is 3.15. The van der Waals surface area contributed by atoms with Crippen molar-refractivity contribution in [3.63, 3.8) is 0 Å². The van der Waals surface area contributed by atoms with Crippen molar-refractivity contribution in [2.75, 3.05) is 20.2 Å². The molecule has 2 atom stereocenters. The van der Waals surface area contributed by atoms with Gasteiger partial charge in [-0.05, 0) is 31.4 Å². The average molecular weight is 387 g/mol. The second-order valence-electron chi connectivity index (χ2n) is 7.69. The van der Waals surface area contributed by atoms with Gasteiger partial charge in [0.1, 0.15) is 10.8 Å². The van der Waals surface area contributed by atoms with Crippen molar-refractivity contribution < 1.29 is 14.6 Å². The van der Waals surface area contributed by atoms with Gasteiger partial charge in [0.2, 0.25) is 5.91 Å². The first-order valence-electron chi connectivity index (χ1n) is 9.66. The highest BCUT2D eigenvalue weighted by Gasteiger charge is 2.43. The smallest absolute Gasteiger partial charge is 0.228 e. The number of likely N-dealkylation sites (tertiary alicyclic amines) is 1. The Balaban J connectivity index is 1.41. The third-order valence-corrected chi connectivity index (χ3v) is 6.92. The van der Waals surface area contributed by atoms with E-state index in [0.29, 0.717) is 25.9 Å². The van der Waals surface area contributed by atoms with Gasteiger partial charge in [-0.2, -0.15) is 0 Å². The lowest BCUT2D eigenvalue weighted by Gasteiger charge is -2.47. The summed E-state index contributed by atoms with van der Waals surface area (Å²) in [4.78, 5) is 19.4. The molecule has 2 aromatic rings. The van der Waals surface area contributed by atoms with E-state index < -0.39 is 5.60 Å². The van der Waals surface area contributed by atoms with Crippen LogP contribution in [0, 0.1) is 5.92 Å². The van der Waals surface area contributed by atoms with Crippen LogP contribution >= 0.6 is 11.3 Å². The van der Waals surface area contributed by atoms with Crippen LogP contribution in [-0.2, 0) is 11.2 Å². The van der Waals surface area contributed by atoms with Crippen LogP contribution in [0.15, 0.2) is 29.6 Å². The maximum Gasteiger partial charge on any atom is 0.228 e. The normalized spacial score (nSPS) is 25.1. The summed E-state index contributed by atoms with van der Waals surface area (Å²) in [7, 11) is 1.65. The molecule has 1 saturated carbocycles. The molecule has 0 unspecified atom stereocenters. The van der Waals surface area contributed by atoms with Crippen LogP contribution in [0.25, 0.3) is 10.6 Å². The van der Waals surface area contributed by atoms with Gasteiger partial charge in [-0.3, -0.25) is 4.79 Å². The Morgan fingerprint density at radius 1 is 1.41 bits per heavy atom. The molecule has 1 aliphatic heterocycles. The van der Waals surface area contributed by atoms with E-state index in [9.17, 15) is 9.90 Å². The Kier molecular flexibility index (Phi) is 5.19. The molecule has 27 heavy (non-hydrogen) atoms. The summed E-state index contributed by atoms with van der Waals surface area (Å²) in [5.41, 5.74) is 1.27. The molecule has 0 radical (unpaired) electrons. The highest BCUT2D eigenvalue weighted by Crippen LogP contribution is 2.39. The zero-order chi connectivity index (χ0) is 18.9. The van der Waals surface area contributed by atoms with E-state index in [1.54, 1.807) is 18.4 Å². The van der Waals surface area contributed by atoms with E-state index >= 15 is 0 Å². The van der Waals surface area contributed by atoms with E-state index in [1.807, 2.05) is 34.5 Å². The molecule has 5 nitrogen and oxygen atoms in total. The molecule has 1 N–H and O–H groups in total. The minimum absolute atomic E-state index is 0.116. The second-order valence-corrected chi connectivity index (χ2v) is 8.55. The van der Waals surface area contributed by atoms with Crippen LogP contribution in [-0.4, -0.2) is 46.7 Å². The number of carbonyl (C=O) groups is 1. The Bertz CT molecular complexity index is 821. The number of thiazole rings is 1. The van der Waals surface area contributed by atoms with Gasteiger partial charge in [0, 0.05) is 30.0 Å². The summed E-state index contributed by atoms with van der Waals surface area (Å²) in [6.45, 7) is 1.33. The summed E-state index contributed by atoms with van der Waals surface area (Å²) < 4.78 is 5.27. The van der Waals surface area contributed by atoms with Crippen molar-refractivity contribution in [1.82, 2.24) is 9.88 Å². The Labute approximate surface area is 164 Å². The van der Waals surface area contributed by atoms with E-state index in [2.05, 4.69) is 4.98 Å². The van der Waals surface area contributed by atoms with Gasteiger partial charge in [-0.25, -0.2) is 4.98 Å². The van der Waals surface area contributed by atoms with Gasteiger partial charge in [-0.15, -0.1) is 11.3 Å². The van der Waals surface area contributed by atoms with Gasteiger partial charge in [0.05, 0.1) is 24.8 Å². The van der Waals surface area contributed by atoms with Crippen LogP contribution in [0.2, 0.25) is 0 Å². The lowest BCUT2D eigenvalue weighted by Crippen LogP contribution is -2.54. The van der Waals surface area contributed by atoms with Gasteiger partial charge < -0.3 is 14.7 Å². The highest BCUT2D eigenvalue weighted by atomic mass is 32.1. The standard InChI is InChI=1S/C21H26N2O3S/c1-26-18-7-4-5-15(11-18)20-22-17(14-27-20)12-19(24)23-10-9-21(25)8-3-2-6-16(21)13-23/h4-5,7,11,14,16,25H,2-3,6,8-10,12-13H2,1H3/t16-,21+/m1/s1. The molecule has 1 aromatic heterocycles. The highest BCUT2D eigenvalue weighted by molar-refractivity contribution is 7.13. The van der Waals surface area contributed by atoms with E-state index in [0.717, 1.165) is 47.7 Å². The molecule has 1 amide bonds. The first-order chi connectivity index (χ1) is 13.1. The summed E-state index contributed by atoms with van der Waals surface area (Å²) in [6, 6.07) is 7.81. The fourth-order valence-corrected chi connectivity index (χ4v) is 5.16. The number of carbonyl (C=O) groups excluding carboxylic acids is 1. The van der Waals surface area contributed by atoms with Crippen molar-refractivity contribution in [1.29, 1.82) is 0 Å². The van der Waals surface area contributed by atoms with Crippen molar-refractivity contribution in [2.45, 2.75) is 44.1 Å². The number of ether oxygens (including phenoxy) is 1. The number of aliphatic hydroxyl groups is 1. The fraction of sp³-hybridized carbons (Fsp3) is 0.524. The largest absolute Gasteiger partial charge is 0.497 e. The summed E-state index contributed by atoms with van der Waals surface area (Å²) in [5.74, 6) is 1.14. The van der Waals surface area contributed by atoms with Gasteiger partial charge in [-0.1, -0.05) is 25.0 Å². The number of piperidine rings is 1. The second kappa shape index (κ2) is 7.60. The van der Waals surface area contributed by atoms with Gasteiger partial charge in [0.25, 0.3) is 0 Å². The monoisotopic (exact) mass is 386 g/mol. The number of rotatable bonds is 4. The maximum absolute atomic E-state index is 12.8. The van der Waals surface area contributed by atoms with Crippen molar-refractivity contribution in [2.24, 2.45) is 5.92 Å². The minimum atomic E-state index is -0.546. The number of hydrogen-bond acceptors (Lipinski definition) is 5. The molecule has 1 aromatic carbocycles. The number of fused-ring (bicyclic) bond motifs is 1. The zero-order valence-corrected chi connectivity index (χ0v) is 16.5. The molecule has 0 spiro atoms. The Morgan fingerprint density at radius 2 is 2.30 bits per heavy atom. The van der Waals surface area contributed by atoms with E-state index in [4.69, 9.17) is 4.74 Å². The number of aromatic nitrogens is 1. The van der Waals surface area contributed by atoms with Crippen molar-refractivity contribution >= 4 is 17.2 Å². The topological polar surface area (TPSA) is 62.7 Å². The number of benzene rings is 1. The molecular weight excluding hydrogens is 360 g/mol. The molecule has 0 bridgehead atoms. The first-order valence-corrected chi connectivity index (χ1v) is 10.5. The fourth-order valence-electron chi connectivity index (χ4n) is 4.34. The quantitative estimate of drug-likeness (QED) is 0.873. The predicted octanol–water partition coefficient (Wildman–Crippen LogP) is 3.51. The number of hydrogen-bond donors (Lipinski definition) is 1. The molecule has 1 aliphatic carbocycles. The predicted molar refractivity (Wildman–Crippen MR) is 106 cm³/mol. The van der Waals surface area contributed by atoms with Crippen LogP contribution in [0.1, 0.15) is 37.8 Å². The lowest BCUT2D eigenvalue weighted by atomic mass is 9.71. The van der Waals surface area contributed by atoms with Gasteiger partial charge in [0.15, 0.2) is 0 Å². The van der Waals surface area contributed by atoms with Crippen LogP contribution in [0.5, 0.6) is 5.75 Å². The molecule has 2 aliphatic rings. The Hall–Kier alpha value is -1.92. The molecular formula is C21H26N2O3S. The summed E-state index contributed by atoms with van der Waals surface area (Å²) in [6.07, 6.45) is 5.20. The molecule has 1 saturated heterocycles. The minimum Gasteiger partial charge on any atom is -0.497 e. The molecule has 2 fully saturated rings.